The summed E-state index contributed by atoms with van der Waals surface area (Å²) in [4.78, 5) is 4.23. The summed E-state index contributed by atoms with van der Waals surface area (Å²) in [6.07, 6.45) is -0.271. The van der Waals surface area contributed by atoms with Gasteiger partial charge in [-0.3, -0.25) is 0 Å². The van der Waals surface area contributed by atoms with E-state index in [1.165, 1.54) is 6.08 Å². The molecule has 1 heterocycles. The molecule has 0 N–H and O–H groups in total. The average Bonchev–Trinajstić information content (AvgIpc) is 2.26. The lowest BCUT2D eigenvalue weighted by molar-refractivity contribution is 0.205. The van der Waals surface area contributed by atoms with Crippen LogP contribution in [-0.4, -0.2) is 11.4 Å². The molecule has 3 heteroatoms. The fraction of sp³-hybridized carbons (Fsp3) is 0.0833. The zero-order valence-electron chi connectivity index (χ0n) is 7.90. The third-order valence-electron chi connectivity index (χ3n) is 2.03. The number of allylic oxidation sites excluding steroid dienone is 1. The van der Waals surface area contributed by atoms with Crippen LogP contribution < -0.4 is 0 Å². The van der Waals surface area contributed by atoms with Crippen molar-refractivity contribution in [1.82, 2.24) is 4.98 Å². The molecule has 1 aromatic carbocycles. The van der Waals surface area contributed by atoms with Gasteiger partial charge in [0, 0.05) is 5.39 Å². The van der Waals surface area contributed by atoms with E-state index in [1.807, 2.05) is 30.3 Å². The van der Waals surface area contributed by atoms with Gasteiger partial charge in [0.25, 0.3) is 6.43 Å². The van der Waals surface area contributed by atoms with Gasteiger partial charge in [0.15, 0.2) is 0 Å². The van der Waals surface area contributed by atoms with Crippen LogP contribution in [0.1, 0.15) is 5.69 Å². The van der Waals surface area contributed by atoms with Gasteiger partial charge in [-0.25, -0.2) is 13.8 Å². The van der Waals surface area contributed by atoms with E-state index in [0.717, 1.165) is 17.0 Å². The molecule has 1 aromatic heterocycles. The Balaban J connectivity index is 2.39. The Morgan fingerprint density at radius 3 is 2.67 bits per heavy atom. The van der Waals surface area contributed by atoms with Gasteiger partial charge in [-0.2, -0.15) is 0 Å². The molecule has 0 amide bonds. The summed E-state index contributed by atoms with van der Waals surface area (Å²) >= 11 is 0. The summed E-state index contributed by atoms with van der Waals surface area (Å²) in [6, 6.07) is 11.2. The SMILES string of the molecule is FC(F)/C=C/c1ccc2ccccc2n1. The molecular formula is C12H9F2N. The summed E-state index contributed by atoms with van der Waals surface area (Å²) in [6.45, 7) is 0. The minimum Gasteiger partial charge on any atom is -0.248 e. The molecule has 0 unspecified atom stereocenters. The number of pyridine rings is 1. The van der Waals surface area contributed by atoms with Gasteiger partial charge in [0.05, 0.1) is 11.2 Å². The summed E-state index contributed by atoms with van der Waals surface area (Å²) in [5, 5.41) is 1.01. The molecule has 2 rings (SSSR count). The Kier molecular flexibility index (Phi) is 2.72. The van der Waals surface area contributed by atoms with E-state index in [1.54, 1.807) is 6.07 Å². The maximum atomic E-state index is 11.9. The third kappa shape index (κ3) is 2.37. The van der Waals surface area contributed by atoms with Crippen molar-refractivity contribution in [3.05, 3.63) is 48.2 Å². The van der Waals surface area contributed by atoms with Crippen molar-refractivity contribution in [3.63, 3.8) is 0 Å². The second-order valence-electron chi connectivity index (χ2n) is 3.12. The molecule has 1 nitrogen and oxygen atoms in total. The van der Waals surface area contributed by atoms with Crippen LogP contribution in [0.4, 0.5) is 8.78 Å². The zero-order valence-corrected chi connectivity index (χ0v) is 7.90. The highest BCUT2D eigenvalue weighted by molar-refractivity contribution is 5.79. The van der Waals surface area contributed by atoms with E-state index < -0.39 is 6.43 Å². The Hall–Kier alpha value is -1.77. The van der Waals surface area contributed by atoms with Crippen LogP contribution in [-0.2, 0) is 0 Å². The molecule has 0 spiro atoms. The fourth-order valence-electron chi connectivity index (χ4n) is 1.35. The molecule has 15 heavy (non-hydrogen) atoms. The van der Waals surface area contributed by atoms with Gasteiger partial charge in [-0.05, 0) is 24.3 Å². The first-order chi connectivity index (χ1) is 7.25. The van der Waals surface area contributed by atoms with E-state index in [2.05, 4.69) is 4.98 Å². The summed E-state index contributed by atoms with van der Waals surface area (Å²) < 4.78 is 23.8. The second-order valence-corrected chi connectivity index (χ2v) is 3.12. The quantitative estimate of drug-likeness (QED) is 0.731. The van der Waals surface area contributed by atoms with Gasteiger partial charge in [-0.1, -0.05) is 24.3 Å². The maximum Gasteiger partial charge on any atom is 0.257 e. The van der Waals surface area contributed by atoms with Gasteiger partial charge < -0.3 is 0 Å². The number of nitrogens with zero attached hydrogens (tertiary/aromatic N) is 1. The number of hydrogen-bond donors (Lipinski definition) is 0. The lowest BCUT2D eigenvalue weighted by Crippen LogP contribution is -1.85. The second kappa shape index (κ2) is 4.17. The zero-order chi connectivity index (χ0) is 10.7. The predicted molar refractivity (Wildman–Crippen MR) is 56.8 cm³/mol. The number of alkyl halides is 2. The van der Waals surface area contributed by atoms with E-state index >= 15 is 0 Å². The molecule has 0 aliphatic heterocycles. The number of fused-ring (bicyclic) bond motifs is 1. The van der Waals surface area contributed by atoms with Crippen LogP contribution in [0.5, 0.6) is 0 Å². The van der Waals surface area contributed by atoms with Crippen molar-refractivity contribution in [2.45, 2.75) is 6.43 Å². The third-order valence-corrected chi connectivity index (χ3v) is 2.03. The Morgan fingerprint density at radius 2 is 1.87 bits per heavy atom. The molecule has 0 atom stereocenters. The van der Waals surface area contributed by atoms with Crippen LogP contribution >= 0.6 is 0 Å². The van der Waals surface area contributed by atoms with Gasteiger partial charge in [0.1, 0.15) is 0 Å². The largest absolute Gasteiger partial charge is 0.257 e. The molecule has 0 aliphatic carbocycles. The van der Waals surface area contributed by atoms with Crippen LogP contribution in [0.15, 0.2) is 42.5 Å². The first kappa shape index (κ1) is 9.77. The standard InChI is InChI=1S/C12H9F2N/c13-12(14)8-7-10-6-5-9-3-1-2-4-11(9)15-10/h1-8,12H/b8-7+. The van der Waals surface area contributed by atoms with Crippen LogP contribution in [0.3, 0.4) is 0 Å². The first-order valence-corrected chi connectivity index (χ1v) is 4.58. The predicted octanol–water partition coefficient (Wildman–Crippen LogP) is 3.51. The highest BCUT2D eigenvalue weighted by atomic mass is 19.3. The van der Waals surface area contributed by atoms with Crippen LogP contribution in [0.25, 0.3) is 17.0 Å². The monoisotopic (exact) mass is 205 g/mol. The lowest BCUT2D eigenvalue weighted by atomic mass is 10.2. The van der Waals surface area contributed by atoms with Crippen molar-refractivity contribution in [3.8, 4) is 0 Å². The van der Waals surface area contributed by atoms with Crippen molar-refractivity contribution in [1.29, 1.82) is 0 Å². The number of para-hydroxylation sites is 1. The number of halogens is 2. The van der Waals surface area contributed by atoms with E-state index in [-0.39, 0.29) is 0 Å². The van der Waals surface area contributed by atoms with Crippen molar-refractivity contribution >= 4 is 17.0 Å². The molecule has 76 valence electrons. The molecular weight excluding hydrogens is 196 g/mol. The fourth-order valence-corrected chi connectivity index (χ4v) is 1.35. The number of benzene rings is 1. The maximum absolute atomic E-state index is 11.9. The van der Waals surface area contributed by atoms with Gasteiger partial charge in [-0.15, -0.1) is 0 Å². The minimum atomic E-state index is -2.43. The van der Waals surface area contributed by atoms with E-state index in [0.29, 0.717) is 5.69 Å². The summed E-state index contributed by atoms with van der Waals surface area (Å²) in [5.41, 5.74) is 1.36. The van der Waals surface area contributed by atoms with Crippen molar-refractivity contribution < 1.29 is 8.78 Å². The first-order valence-electron chi connectivity index (χ1n) is 4.58. The van der Waals surface area contributed by atoms with Crippen molar-refractivity contribution in [2.75, 3.05) is 0 Å². The molecule has 0 saturated heterocycles. The summed E-state index contributed by atoms with van der Waals surface area (Å²) in [5.74, 6) is 0. The topological polar surface area (TPSA) is 12.9 Å². The molecule has 0 saturated carbocycles. The van der Waals surface area contributed by atoms with E-state index in [4.69, 9.17) is 0 Å². The molecule has 0 bridgehead atoms. The van der Waals surface area contributed by atoms with Crippen LogP contribution in [0, 0.1) is 0 Å². The molecule has 0 aliphatic rings. The Bertz CT molecular complexity index is 492. The Morgan fingerprint density at radius 1 is 1.07 bits per heavy atom. The number of hydrogen-bond acceptors (Lipinski definition) is 1. The van der Waals surface area contributed by atoms with E-state index in [9.17, 15) is 8.78 Å². The summed E-state index contributed by atoms with van der Waals surface area (Å²) in [7, 11) is 0. The number of rotatable bonds is 2. The molecule has 0 fully saturated rings. The lowest BCUT2D eigenvalue weighted by Gasteiger charge is -1.97. The van der Waals surface area contributed by atoms with Crippen molar-refractivity contribution in [2.24, 2.45) is 0 Å². The smallest absolute Gasteiger partial charge is 0.248 e. The highest BCUT2D eigenvalue weighted by Gasteiger charge is 1.96. The van der Waals surface area contributed by atoms with Crippen LogP contribution in [0.2, 0.25) is 0 Å². The van der Waals surface area contributed by atoms with Gasteiger partial charge in [0.2, 0.25) is 0 Å². The molecule has 0 radical (unpaired) electrons. The van der Waals surface area contributed by atoms with Gasteiger partial charge >= 0.3 is 0 Å². The molecule has 2 aromatic rings. The average molecular weight is 205 g/mol. The number of aromatic nitrogens is 1. The highest BCUT2D eigenvalue weighted by Crippen LogP contribution is 2.12. The normalized spacial score (nSPS) is 11.7. The minimum absolute atomic E-state index is 0.550. The Labute approximate surface area is 86.1 Å².